The average Bonchev–Trinajstić information content (AvgIpc) is 2.98. The number of carbonyl (C=O) groups is 1. The van der Waals surface area contributed by atoms with Gasteiger partial charge in [0.05, 0.1) is 12.0 Å². The quantitative estimate of drug-likeness (QED) is 0.843. The number of hydrogen-bond acceptors (Lipinski definition) is 2. The standard InChI is InChI=1S/C20H24N2O2/c23-20(24)15-6-3-4-12-11-22-9-8-14-13-5-1-2-7-17(13)21-19(14)18(22)10-16(12)15/h1-2,5,7,12,15-16,18,21H,3-4,6,8-11H2,(H,23,24)/t12-,15-,16+,18+/m1/s1. The van der Waals surface area contributed by atoms with E-state index in [2.05, 4.69) is 34.1 Å². The molecule has 2 N–H and O–H groups in total. The van der Waals surface area contributed by atoms with Gasteiger partial charge >= 0.3 is 5.97 Å². The van der Waals surface area contributed by atoms with Crippen LogP contribution in [0.4, 0.5) is 0 Å². The van der Waals surface area contributed by atoms with Crippen LogP contribution in [0.2, 0.25) is 0 Å². The lowest BCUT2D eigenvalue weighted by Gasteiger charge is -2.49. The summed E-state index contributed by atoms with van der Waals surface area (Å²) in [5, 5.41) is 11.0. The summed E-state index contributed by atoms with van der Waals surface area (Å²) in [7, 11) is 0. The summed E-state index contributed by atoms with van der Waals surface area (Å²) in [6.07, 6.45) is 5.26. The maximum Gasteiger partial charge on any atom is 0.306 e. The first kappa shape index (κ1) is 14.5. The summed E-state index contributed by atoms with van der Waals surface area (Å²) < 4.78 is 0. The van der Waals surface area contributed by atoms with Crippen molar-refractivity contribution in [1.82, 2.24) is 9.88 Å². The largest absolute Gasteiger partial charge is 0.481 e. The lowest BCUT2D eigenvalue weighted by Crippen LogP contribution is -2.50. The minimum Gasteiger partial charge on any atom is -0.481 e. The smallest absolute Gasteiger partial charge is 0.306 e. The Balaban J connectivity index is 1.54. The van der Waals surface area contributed by atoms with E-state index >= 15 is 0 Å². The molecule has 4 heteroatoms. The number of aromatic amines is 1. The van der Waals surface area contributed by atoms with Gasteiger partial charge in [0.25, 0.3) is 0 Å². The van der Waals surface area contributed by atoms with Crippen molar-refractivity contribution in [2.75, 3.05) is 13.1 Å². The minimum absolute atomic E-state index is 0.138. The van der Waals surface area contributed by atoms with Crippen LogP contribution in [-0.2, 0) is 11.2 Å². The molecule has 2 aromatic rings. The van der Waals surface area contributed by atoms with Crippen molar-refractivity contribution in [3.8, 4) is 0 Å². The molecule has 126 valence electrons. The van der Waals surface area contributed by atoms with Crippen LogP contribution >= 0.6 is 0 Å². The van der Waals surface area contributed by atoms with E-state index in [9.17, 15) is 9.90 Å². The SMILES string of the molecule is O=C(O)[C@@H]1CCC[C@@H]2CN3CCc4c([nH]c5ccccc45)[C@@H]3C[C@@H]21. The first-order valence-corrected chi connectivity index (χ1v) is 9.28. The number of carboxylic acid groups (broad SMARTS) is 1. The molecule has 3 aliphatic rings. The fourth-order valence-corrected chi connectivity index (χ4v) is 5.66. The Bertz CT molecular complexity index is 796. The Morgan fingerprint density at radius 2 is 2.12 bits per heavy atom. The summed E-state index contributed by atoms with van der Waals surface area (Å²) in [6, 6.07) is 8.95. The van der Waals surface area contributed by atoms with Gasteiger partial charge in [-0.25, -0.2) is 0 Å². The molecule has 1 aromatic carbocycles. The first-order chi connectivity index (χ1) is 11.7. The molecular formula is C20H24N2O2. The molecule has 2 aliphatic heterocycles. The van der Waals surface area contributed by atoms with Crippen LogP contribution < -0.4 is 0 Å². The number of nitrogens with zero attached hydrogens (tertiary/aromatic N) is 1. The highest BCUT2D eigenvalue weighted by Crippen LogP contribution is 2.48. The highest BCUT2D eigenvalue weighted by atomic mass is 16.4. The molecule has 1 aromatic heterocycles. The van der Waals surface area contributed by atoms with E-state index in [0.29, 0.717) is 17.9 Å². The molecule has 5 rings (SSSR count). The first-order valence-electron chi connectivity index (χ1n) is 9.28. The van der Waals surface area contributed by atoms with E-state index in [1.165, 1.54) is 28.6 Å². The second kappa shape index (κ2) is 5.35. The number of fused-ring (bicyclic) bond motifs is 6. The maximum absolute atomic E-state index is 11.7. The molecule has 0 unspecified atom stereocenters. The van der Waals surface area contributed by atoms with Gasteiger partial charge in [0.15, 0.2) is 0 Å². The van der Waals surface area contributed by atoms with Gasteiger partial charge in [-0.1, -0.05) is 24.6 Å². The summed E-state index contributed by atoms with van der Waals surface area (Å²) in [5.41, 5.74) is 4.05. The molecule has 0 amide bonds. The summed E-state index contributed by atoms with van der Waals surface area (Å²) in [4.78, 5) is 18.0. The third-order valence-electron chi connectivity index (χ3n) is 6.76. The van der Waals surface area contributed by atoms with E-state index < -0.39 is 5.97 Å². The second-order valence-corrected chi connectivity index (χ2v) is 7.86. The normalized spacial score (nSPS) is 32.8. The summed E-state index contributed by atoms with van der Waals surface area (Å²) in [5.74, 6) is 0.198. The van der Waals surface area contributed by atoms with E-state index in [-0.39, 0.29) is 5.92 Å². The monoisotopic (exact) mass is 324 g/mol. The fourth-order valence-electron chi connectivity index (χ4n) is 5.66. The molecule has 2 fully saturated rings. The third kappa shape index (κ3) is 2.05. The van der Waals surface area contributed by atoms with E-state index in [0.717, 1.165) is 38.8 Å². The number of aromatic nitrogens is 1. The number of rotatable bonds is 1. The summed E-state index contributed by atoms with van der Waals surface area (Å²) >= 11 is 0. The Morgan fingerprint density at radius 1 is 1.25 bits per heavy atom. The van der Waals surface area contributed by atoms with E-state index in [1.54, 1.807) is 0 Å². The number of hydrogen-bond donors (Lipinski definition) is 2. The number of para-hydroxylation sites is 1. The molecule has 1 aliphatic carbocycles. The van der Waals surface area contributed by atoms with Crippen LogP contribution in [0.5, 0.6) is 0 Å². The average molecular weight is 324 g/mol. The lowest BCUT2D eigenvalue weighted by molar-refractivity contribution is -0.148. The highest BCUT2D eigenvalue weighted by molar-refractivity contribution is 5.85. The van der Waals surface area contributed by atoms with Crippen LogP contribution in [0.3, 0.4) is 0 Å². The van der Waals surface area contributed by atoms with Gasteiger partial charge in [0.2, 0.25) is 0 Å². The zero-order valence-electron chi connectivity index (χ0n) is 13.9. The van der Waals surface area contributed by atoms with Crippen LogP contribution in [-0.4, -0.2) is 34.0 Å². The number of benzene rings is 1. The molecule has 0 bridgehead atoms. The molecule has 1 saturated carbocycles. The van der Waals surface area contributed by atoms with Gasteiger partial charge < -0.3 is 10.1 Å². The molecular weight excluding hydrogens is 300 g/mol. The topological polar surface area (TPSA) is 56.3 Å². The minimum atomic E-state index is -0.578. The molecule has 24 heavy (non-hydrogen) atoms. The predicted octanol–water partition coefficient (Wildman–Crippen LogP) is 3.59. The van der Waals surface area contributed by atoms with Gasteiger partial charge in [-0.05, 0) is 49.1 Å². The van der Waals surface area contributed by atoms with Crippen molar-refractivity contribution in [2.24, 2.45) is 17.8 Å². The molecule has 0 radical (unpaired) electrons. The number of carboxylic acids is 1. The number of aliphatic carboxylic acids is 1. The van der Waals surface area contributed by atoms with Gasteiger partial charge in [0, 0.05) is 29.7 Å². The number of nitrogens with one attached hydrogen (secondary N) is 1. The predicted molar refractivity (Wildman–Crippen MR) is 92.9 cm³/mol. The molecule has 4 nitrogen and oxygen atoms in total. The number of piperidine rings is 1. The zero-order chi connectivity index (χ0) is 16.3. The Labute approximate surface area is 141 Å². The third-order valence-corrected chi connectivity index (χ3v) is 6.76. The van der Waals surface area contributed by atoms with Crippen LogP contribution in [0, 0.1) is 17.8 Å². The van der Waals surface area contributed by atoms with E-state index in [4.69, 9.17) is 0 Å². The highest BCUT2D eigenvalue weighted by Gasteiger charge is 2.46. The molecule has 0 spiro atoms. The van der Waals surface area contributed by atoms with E-state index in [1.807, 2.05) is 0 Å². The molecule has 4 atom stereocenters. The maximum atomic E-state index is 11.7. The molecule has 1 saturated heterocycles. The van der Waals surface area contributed by atoms with Crippen LogP contribution in [0.25, 0.3) is 10.9 Å². The van der Waals surface area contributed by atoms with Crippen molar-refractivity contribution < 1.29 is 9.90 Å². The Morgan fingerprint density at radius 3 is 3.00 bits per heavy atom. The van der Waals surface area contributed by atoms with Gasteiger partial charge in [0.1, 0.15) is 0 Å². The van der Waals surface area contributed by atoms with Crippen molar-refractivity contribution in [1.29, 1.82) is 0 Å². The van der Waals surface area contributed by atoms with Gasteiger partial charge in [-0.3, -0.25) is 9.69 Å². The lowest BCUT2D eigenvalue weighted by atomic mass is 9.66. The van der Waals surface area contributed by atoms with Crippen LogP contribution in [0.1, 0.15) is 43.0 Å². The van der Waals surface area contributed by atoms with Crippen LogP contribution in [0.15, 0.2) is 24.3 Å². The Kier molecular flexibility index (Phi) is 3.24. The van der Waals surface area contributed by atoms with Crippen molar-refractivity contribution in [2.45, 2.75) is 38.1 Å². The molecule has 3 heterocycles. The Hall–Kier alpha value is -1.81. The second-order valence-electron chi connectivity index (χ2n) is 7.86. The van der Waals surface area contributed by atoms with Crippen molar-refractivity contribution in [3.05, 3.63) is 35.5 Å². The zero-order valence-corrected chi connectivity index (χ0v) is 13.9. The van der Waals surface area contributed by atoms with Crippen molar-refractivity contribution in [3.63, 3.8) is 0 Å². The fraction of sp³-hybridized carbons (Fsp3) is 0.550. The van der Waals surface area contributed by atoms with Gasteiger partial charge in [-0.15, -0.1) is 0 Å². The van der Waals surface area contributed by atoms with Crippen molar-refractivity contribution >= 4 is 16.9 Å². The van der Waals surface area contributed by atoms with Gasteiger partial charge in [-0.2, -0.15) is 0 Å². The number of H-pyrrole nitrogens is 1. The summed E-state index contributed by atoms with van der Waals surface area (Å²) in [6.45, 7) is 2.19.